The number of anilines is 1. The van der Waals surface area contributed by atoms with Gasteiger partial charge in [0.05, 0.1) is 13.7 Å². The molecule has 0 saturated carbocycles. The Morgan fingerprint density at radius 3 is 2.60 bits per heavy atom. The fourth-order valence-corrected chi connectivity index (χ4v) is 1.34. The summed E-state index contributed by atoms with van der Waals surface area (Å²) in [5, 5.41) is 0. The molecular formula is C12H14F3NO4. The topological polar surface area (TPSA) is 70.8 Å². The third kappa shape index (κ3) is 5.35. The van der Waals surface area contributed by atoms with Crippen molar-refractivity contribution in [3.05, 3.63) is 23.8 Å². The molecule has 20 heavy (non-hydrogen) atoms. The van der Waals surface area contributed by atoms with E-state index in [9.17, 15) is 18.0 Å². The molecule has 0 spiro atoms. The summed E-state index contributed by atoms with van der Waals surface area (Å²) in [6, 6.07) is 4.34. The molecule has 0 aromatic heterocycles. The zero-order chi connectivity index (χ0) is 15.2. The van der Waals surface area contributed by atoms with Crippen molar-refractivity contribution in [1.29, 1.82) is 0 Å². The van der Waals surface area contributed by atoms with Crippen molar-refractivity contribution in [3.8, 4) is 5.75 Å². The molecule has 0 atom stereocenters. The first-order valence-corrected chi connectivity index (χ1v) is 5.58. The molecule has 0 aliphatic rings. The van der Waals surface area contributed by atoms with Crippen LogP contribution in [0.4, 0.5) is 18.9 Å². The smallest absolute Gasteiger partial charge is 0.411 e. The molecule has 0 amide bonds. The number of halogens is 3. The van der Waals surface area contributed by atoms with Crippen LogP contribution in [0.2, 0.25) is 0 Å². The van der Waals surface area contributed by atoms with E-state index in [1.165, 1.54) is 25.3 Å². The molecule has 0 heterocycles. The Hall–Kier alpha value is -1.96. The van der Waals surface area contributed by atoms with Crippen molar-refractivity contribution in [1.82, 2.24) is 0 Å². The van der Waals surface area contributed by atoms with Crippen LogP contribution in [-0.4, -0.2) is 39.1 Å². The second-order valence-electron chi connectivity index (χ2n) is 3.76. The number of nitrogen functional groups attached to an aromatic ring is 1. The summed E-state index contributed by atoms with van der Waals surface area (Å²) in [6.45, 7) is -2.01. The zero-order valence-corrected chi connectivity index (χ0v) is 10.7. The molecule has 5 nitrogen and oxygen atoms in total. The van der Waals surface area contributed by atoms with Crippen LogP contribution in [0.3, 0.4) is 0 Å². The number of methoxy groups -OCH3 is 1. The lowest BCUT2D eigenvalue weighted by atomic mass is 10.2. The van der Waals surface area contributed by atoms with E-state index in [0.717, 1.165) is 0 Å². The number of nitrogens with two attached hydrogens (primary N) is 1. The van der Waals surface area contributed by atoms with Crippen molar-refractivity contribution in [2.75, 3.05) is 32.7 Å². The van der Waals surface area contributed by atoms with Gasteiger partial charge in [-0.1, -0.05) is 0 Å². The summed E-state index contributed by atoms with van der Waals surface area (Å²) in [5.41, 5.74) is 6.07. The largest absolute Gasteiger partial charge is 0.496 e. The van der Waals surface area contributed by atoms with Gasteiger partial charge in [0.25, 0.3) is 0 Å². The van der Waals surface area contributed by atoms with Crippen molar-refractivity contribution in [2.24, 2.45) is 0 Å². The van der Waals surface area contributed by atoms with Crippen LogP contribution in [0.15, 0.2) is 18.2 Å². The van der Waals surface area contributed by atoms with E-state index in [2.05, 4.69) is 4.74 Å². The number of alkyl halides is 3. The highest BCUT2D eigenvalue weighted by molar-refractivity contribution is 5.93. The first kappa shape index (κ1) is 16.1. The number of benzene rings is 1. The Morgan fingerprint density at radius 2 is 2.00 bits per heavy atom. The van der Waals surface area contributed by atoms with E-state index < -0.39 is 18.8 Å². The Balaban J connectivity index is 2.44. The fourth-order valence-electron chi connectivity index (χ4n) is 1.34. The van der Waals surface area contributed by atoms with Crippen LogP contribution >= 0.6 is 0 Å². The lowest BCUT2D eigenvalue weighted by Crippen LogP contribution is -2.20. The number of carbonyl (C=O) groups is 1. The molecule has 1 aromatic carbocycles. The van der Waals surface area contributed by atoms with Crippen LogP contribution in [0.25, 0.3) is 0 Å². The Bertz CT molecular complexity index is 463. The van der Waals surface area contributed by atoms with Gasteiger partial charge in [-0.25, -0.2) is 4.79 Å². The Labute approximate surface area is 113 Å². The highest BCUT2D eigenvalue weighted by Gasteiger charge is 2.27. The third-order valence-corrected chi connectivity index (χ3v) is 2.17. The van der Waals surface area contributed by atoms with Gasteiger partial charge in [0.2, 0.25) is 0 Å². The average molecular weight is 293 g/mol. The van der Waals surface area contributed by atoms with Crippen LogP contribution in [0, 0.1) is 0 Å². The maximum Gasteiger partial charge on any atom is 0.411 e. The summed E-state index contributed by atoms with van der Waals surface area (Å²) >= 11 is 0. The first-order valence-electron chi connectivity index (χ1n) is 5.58. The second kappa shape index (κ2) is 6.99. The number of carbonyl (C=O) groups excluding carboxylic acids is 1. The quantitative estimate of drug-likeness (QED) is 0.493. The third-order valence-electron chi connectivity index (χ3n) is 2.17. The minimum absolute atomic E-state index is 0.137. The number of rotatable bonds is 6. The lowest BCUT2D eigenvalue weighted by molar-refractivity contribution is -0.175. The number of ether oxygens (including phenoxy) is 3. The van der Waals surface area contributed by atoms with Gasteiger partial charge >= 0.3 is 12.1 Å². The van der Waals surface area contributed by atoms with E-state index in [1.807, 2.05) is 0 Å². The molecule has 1 rings (SSSR count). The predicted octanol–water partition coefficient (Wildman–Crippen LogP) is 2.01. The van der Waals surface area contributed by atoms with E-state index in [-0.39, 0.29) is 24.5 Å². The molecule has 0 aliphatic heterocycles. The van der Waals surface area contributed by atoms with Gasteiger partial charge in [-0.15, -0.1) is 0 Å². The monoisotopic (exact) mass is 293 g/mol. The second-order valence-corrected chi connectivity index (χ2v) is 3.76. The van der Waals surface area contributed by atoms with Gasteiger partial charge in [-0.3, -0.25) is 0 Å². The molecule has 0 bridgehead atoms. The summed E-state index contributed by atoms with van der Waals surface area (Å²) in [7, 11) is 1.36. The predicted molar refractivity (Wildman–Crippen MR) is 64.6 cm³/mol. The molecule has 1 aromatic rings. The molecule has 8 heteroatoms. The van der Waals surface area contributed by atoms with Gasteiger partial charge in [-0.2, -0.15) is 13.2 Å². The highest BCUT2D eigenvalue weighted by Crippen LogP contribution is 2.22. The summed E-state index contributed by atoms with van der Waals surface area (Å²) in [5.74, 6) is -0.497. The van der Waals surface area contributed by atoms with Gasteiger partial charge in [0.1, 0.15) is 24.5 Å². The van der Waals surface area contributed by atoms with E-state index >= 15 is 0 Å². The van der Waals surface area contributed by atoms with Crippen LogP contribution in [0.5, 0.6) is 5.75 Å². The van der Waals surface area contributed by atoms with Crippen LogP contribution in [0.1, 0.15) is 10.4 Å². The molecule has 0 radical (unpaired) electrons. The molecular weight excluding hydrogens is 279 g/mol. The summed E-state index contributed by atoms with van der Waals surface area (Å²) in [4.78, 5) is 11.7. The van der Waals surface area contributed by atoms with E-state index in [1.54, 1.807) is 0 Å². The lowest BCUT2D eigenvalue weighted by Gasteiger charge is -2.10. The fraction of sp³-hybridized carbons (Fsp3) is 0.417. The normalized spacial score (nSPS) is 11.2. The summed E-state index contributed by atoms with van der Waals surface area (Å²) in [6.07, 6.45) is -4.40. The van der Waals surface area contributed by atoms with Crippen molar-refractivity contribution in [2.45, 2.75) is 6.18 Å². The van der Waals surface area contributed by atoms with Crippen LogP contribution in [-0.2, 0) is 9.47 Å². The van der Waals surface area contributed by atoms with Gasteiger partial charge in [-0.05, 0) is 12.1 Å². The minimum atomic E-state index is -4.40. The molecule has 0 fully saturated rings. The molecule has 0 saturated heterocycles. The van der Waals surface area contributed by atoms with Crippen LogP contribution < -0.4 is 10.5 Å². The number of esters is 1. The van der Waals surface area contributed by atoms with Gasteiger partial charge in [0, 0.05) is 11.8 Å². The van der Waals surface area contributed by atoms with Crippen molar-refractivity contribution >= 4 is 11.7 Å². The maximum absolute atomic E-state index is 11.8. The minimum Gasteiger partial charge on any atom is -0.496 e. The van der Waals surface area contributed by atoms with E-state index in [0.29, 0.717) is 5.69 Å². The molecule has 0 aliphatic carbocycles. The number of hydrogen-bond donors (Lipinski definition) is 1. The van der Waals surface area contributed by atoms with Crippen molar-refractivity contribution in [3.63, 3.8) is 0 Å². The molecule has 0 unspecified atom stereocenters. The van der Waals surface area contributed by atoms with Gasteiger partial charge < -0.3 is 19.9 Å². The van der Waals surface area contributed by atoms with Crippen molar-refractivity contribution < 1.29 is 32.2 Å². The number of hydrogen-bond acceptors (Lipinski definition) is 5. The Morgan fingerprint density at radius 1 is 1.30 bits per heavy atom. The first-order chi connectivity index (χ1) is 9.33. The van der Waals surface area contributed by atoms with Gasteiger partial charge in [0.15, 0.2) is 0 Å². The molecule has 2 N–H and O–H groups in total. The van der Waals surface area contributed by atoms with E-state index in [4.69, 9.17) is 15.2 Å². The standard InChI is InChI=1S/C12H14F3NO4/c1-18-10-6-8(16)2-3-9(10)11(17)20-5-4-19-7-12(13,14)15/h2-3,6H,4-5,7,16H2,1H3. The summed E-state index contributed by atoms with van der Waals surface area (Å²) < 4.78 is 49.4. The average Bonchev–Trinajstić information content (AvgIpc) is 2.36. The maximum atomic E-state index is 11.8. The Kier molecular flexibility index (Phi) is 5.63. The zero-order valence-electron chi connectivity index (χ0n) is 10.7. The molecule has 112 valence electrons. The SMILES string of the molecule is COc1cc(N)ccc1C(=O)OCCOCC(F)(F)F. The highest BCUT2D eigenvalue weighted by atomic mass is 19.4.